The molecule has 1 unspecified atom stereocenters. The molecule has 4 heteroatoms. The molecule has 82 valence electrons. The van der Waals surface area contributed by atoms with Crippen molar-refractivity contribution in [3.63, 3.8) is 0 Å². The molecule has 0 spiro atoms. The van der Waals surface area contributed by atoms with Crippen LogP contribution in [0.4, 0.5) is 0 Å². The van der Waals surface area contributed by atoms with E-state index in [9.17, 15) is 4.79 Å². The van der Waals surface area contributed by atoms with Crippen LogP contribution in [-0.2, 0) is 9.53 Å². The molecule has 1 atom stereocenters. The lowest BCUT2D eigenvalue weighted by Crippen LogP contribution is -2.41. The number of likely N-dealkylation sites (tertiary alicyclic amines) is 1. The van der Waals surface area contributed by atoms with E-state index < -0.39 is 0 Å². The van der Waals surface area contributed by atoms with Crippen molar-refractivity contribution in [2.24, 2.45) is 5.92 Å². The first-order chi connectivity index (χ1) is 6.77. The number of piperidine rings is 1. The second-order valence-corrected chi connectivity index (χ2v) is 4.12. The SMILES string of the molecule is COCC1CCCN(C(=O)CCCl)C1. The fraction of sp³-hybridized carbons (Fsp3) is 0.900. The Balaban J connectivity index is 2.35. The molecule has 1 saturated heterocycles. The first-order valence-corrected chi connectivity index (χ1v) is 5.64. The standard InChI is InChI=1S/C10H18ClNO2/c1-14-8-9-3-2-6-12(7-9)10(13)4-5-11/h9H,2-8H2,1H3. The lowest BCUT2D eigenvalue weighted by Gasteiger charge is -2.32. The Kier molecular flexibility index (Phi) is 5.26. The molecule has 1 aliphatic rings. The summed E-state index contributed by atoms with van der Waals surface area (Å²) in [6.45, 7) is 2.48. The summed E-state index contributed by atoms with van der Waals surface area (Å²) in [7, 11) is 1.71. The van der Waals surface area contributed by atoms with Crippen molar-refractivity contribution in [3.8, 4) is 0 Å². The average molecular weight is 220 g/mol. The van der Waals surface area contributed by atoms with Gasteiger partial charge in [0, 0.05) is 32.5 Å². The van der Waals surface area contributed by atoms with Crippen LogP contribution in [0.25, 0.3) is 0 Å². The Bertz CT molecular complexity index is 185. The van der Waals surface area contributed by atoms with Crippen LogP contribution in [-0.4, -0.2) is 43.5 Å². The van der Waals surface area contributed by atoms with Gasteiger partial charge >= 0.3 is 0 Å². The zero-order valence-electron chi connectivity index (χ0n) is 8.67. The minimum atomic E-state index is 0.181. The molecule has 0 saturated carbocycles. The molecule has 0 bridgehead atoms. The zero-order valence-corrected chi connectivity index (χ0v) is 9.42. The maximum absolute atomic E-state index is 11.5. The summed E-state index contributed by atoms with van der Waals surface area (Å²) in [5.74, 6) is 1.11. The number of halogens is 1. The lowest BCUT2D eigenvalue weighted by molar-refractivity contribution is -0.132. The van der Waals surface area contributed by atoms with Crippen molar-refractivity contribution in [2.75, 3.05) is 32.7 Å². The fourth-order valence-electron chi connectivity index (χ4n) is 1.90. The van der Waals surface area contributed by atoms with Crippen LogP contribution in [0.2, 0.25) is 0 Å². The van der Waals surface area contributed by atoms with Crippen molar-refractivity contribution in [1.29, 1.82) is 0 Å². The number of carbonyl (C=O) groups excluding carboxylic acids is 1. The first-order valence-electron chi connectivity index (χ1n) is 5.10. The van der Waals surface area contributed by atoms with Gasteiger partial charge in [-0.15, -0.1) is 11.6 Å². The Labute approximate surface area is 90.4 Å². The van der Waals surface area contributed by atoms with E-state index in [1.165, 1.54) is 6.42 Å². The van der Waals surface area contributed by atoms with Crippen molar-refractivity contribution < 1.29 is 9.53 Å². The normalized spacial score (nSPS) is 22.4. The highest BCUT2D eigenvalue weighted by Crippen LogP contribution is 2.17. The van der Waals surface area contributed by atoms with E-state index in [4.69, 9.17) is 16.3 Å². The summed E-state index contributed by atoms with van der Waals surface area (Å²) in [6, 6.07) is 0. The van der Waals surface area contributed by atoms with Crippen molar-refractivity contribution >= 4 is 17.5 Å². The Morgan fingerprint density at radius 2 is 2.43 bits per heavy atom. The quantitative estimate of drug-likeness (QED) is 0.671. The summed E-state index contributed by atoms with van der Waals surface area (Å²) in [4.78, 5) is 13.5. The third-order valence-electron chi connectivity index (χ3n) is 2.58. The second-order valence-electron chi connectivity index (χ2n) is 3.74. The van der Waals surface area contributed by atoms with Crippen LogP contribution in [0.3, 0.4) is 0 Å². The molecule has 1 rings (SSSR count). The molecule has 0 aliphatic carbocycles. The van der Waals surface area contributed by atoms with Gasteiger partial charge in [-0.25, -0.2) is 0 Å². The van der Waals surface area contributed by atoms with Gasteiger partial charge < -0.3 is 9.64 Å². The average Bonchev–Trinajstić information content (AvgIpc) is 2.19. The van der Waals surface area contributed by atoms with Crippen molar-refractivity contribution in [1.82, 2.24) is 4.90 Å². The largest absolute Gasteiger partial charge is 0.384 e. The molecule has 14 heavy (non-hydrogen) atoms. The highest BCUT2D eigenvalue weighted by molar-refractivity contribution is 6.18. The van der Waals surface area contributed by atoms with Crippen LogP contribution >= 0.6 is 11.6 Å². The molecule has 0 radical (unpaired) electrons. The number of nitrogens with zero attached hydrogens (tertiary/aromatic N) is 1. The minimum absolute atomic E-state index is 0.181. The van der Waals surface area contributed by atoms with Crippen LogP contribution in [0.1, 0.15) is 19.3 Å². The van der Waals surface area contributed by atoms with Gasteiger partial charge in [0.15, 0.2) is 0 Å². The van der Waals surface area contributed by atoms with E-state index in [0.29, 0.717) is 18.2 Å². The zero-order chi connectivity index (χ0) is 10.4. The first kappa shape index (κ1) is 11.8. The molecule has 0 aromatic rings. The Morgan fingerprint density at radius 3 is 3.07 bits per heavy atom. The van der Waals surface area contributed by atoms with E-state index in [2.05, 4.69) is 0 Å². The fourth-order valence-corrected chi connectivity index (χ4v) is 2.06. The van der Waals surface area contributed by atoms with Crippen LogP contribution in [0.5, 0.6) is 0 Å². The van der Waals surface area contributed by atoms with Crippen LogP contribution < -0.4 is 0 Å². The third kappa shape index (κ3) is 3.46. The molecular weight excluding hydrogens is 202 g/mol. The van der Waals surface area contributed by atoms with Gasteiger partial charge in [-0.3, -0.25) is 4.79 Å². The smallest absolute Gasteiger partial charge is 0.223 e. The highest BCUT2D eigenvalue weighted by atomic mass is 35.5. The molecule has 3 nitrogen and oxygen atoms in total. The van der Waals surface area contributed by atoms with E-state index in [1.54, 1.807) is 7.11 Å². The number of carbonyl (C=O) groups is 1. The summed E-state index contributed by atoms with van der Waals surface area (Å²) < 4.78 is 5.11. The van der Waals surface area contributed by atoms with Gasteiger partial charge in [-0.1, -0.05) is 0 Å². The molecule has 1 heterocycles. The number of alkyl halides is 1. The summed E-state index contributed by atoms with van der Waals surface area (Å²) in [5.41, 5.74) is 0. The number of hydrogen-bond donors (Lipinski definition) is 0. The van der Waals surface area contributed by atoms with Gasteiger partial charge in [0.2, 0.25) is 5.91 Å². The van der Waals surface area contributed by atoms with Gasteiger partial charge in [-0.2, -0.15) is 0 Å². The van der Waals surface area contributed by atoms with Crippen LogP contribution in [0.15, 0.2) is 0 Å². The number of rotatable bonds is 4. The third-order valence-corrected chi connectivity index (χ3v) is 2.77. The second kappa shape index (κ2) is 6.25. The molecule has 0 aromatic carbocycles. The van der Waals surface area contributed by atoms with E-state index >= 15 is 0 Å². The number of hydrogen-bond acceptors (Lipinski definition) is 2. The van der Waals surface area contributed by atoms with Gasteiger partial charge in [0.25, 0.3) is 0 Å². The summed E-state index contributed by atoms with van der Waals surface area (Å²) in [5, 5.41) is 0. The van der Waals surface area contributed by atoms with E-state index in [1.807, 2.05) is 4.90 Å². The van der Waals surface area contributed by atoms with Crippen LogP contribution in [0, 0.1) is 5.92 Å². The number of methoxy groups -OCH3 is 1. The Morgan fingerprint density at radius 1 is 1.64 bits per heavy atom. The molecular formula is C10H18ClNO2. The molecule has 0 aromatic heterocycles. The van der Waals surface area contributed by atoms with Gasteiger partial charge in [0.1, 0.15) is 0 Å². The Hall–Kier alpha value is -0.280. The topological polar surface area (TPSA) is 29.5 Å². The molecule has 0 N–H and O–H groups in total. The maximum atomic E-state index is 11.5. The van der Waals surface area contributed by atoms with Crippen molar-refractivity contribution in [3.05, 3.63) is 0 Å². The minimum Gasteiger partial charge on any atom is -0.384 e. The summed E-state index contributed by atoms with van der Waals surface area (Å²) >= 11 is 5.54. The maximum Gasteiger partial charge on any atom is 0.223 e. The van der Waals surface area contributed by atoms with Crippen molar-refractivity contribution in [2.45, 2.75) is 19.3 Å². The predicted molar refractivity (Wildman–Crippen MR) is 56.5 cm³/mol. The van der Waals surface area contributed by atoms with Gasteiger partial charge in [-0.05, 0) is 18.8 Å². The molecule has 1 aliphatic heterocycles. The highest BCUT2D eigenvalue weighted by Gasteiger charge is 2.22. The van der Waals surface area contributed by atoms with E-state index in [-0.39, 0.29) is 5.91 Å². The lowest BCUT2D eigenvalue weighted by atomic mass is 9.99. The molecule has 1 fully saturated rings. The summed E-state index contributed by atoms with van der Waals surface area (Å²) in [6.07, 6.45) is 2.71. The number of amides is 1. The predicted octanol–water partition coefficient (Wildman–Crippen LogP) is 1.50. The monoisotopic (exact) mass is 219 g/mol. The van der Waals surface area contributed by atoms with Gasteiger partial charge in [0.05, 0.1) is 6.61 Å². The number of ether oxygens (including phenoxy) is 1. The molecule has 1 amide bonds. The van der Waals surface area contributed by atoms with E-state index in [0.717, 1.165) is 26.1 Å².